The highest BCUT2D eigenvalue weighted by Gasteiger charge is 2.30. The molecule has 38 heavy (non-hydrogen) atoms. The van der Waals surface area contributed by atoms with Crippen LogP contribution in [0.25, 0.3) is 16.6 Å². The number of fused-ring (bicyclic) bond motifs is 1. The van der Waals surface area contributed by atoms with Crippen LogP contribution in [-0.2, 0) is 0 Å². The van der Waals surface area contributed by atoms with Gasteiger partial charge in [-0.3, -0.25) is 14.2 Å². The molecule has 0 aliphatic heterocycles. The van der Waals surface area contributed by atoms with Gasteiger partial charge in [-0.25, -0.2) is 4.98 Å². The van der Waals surface area contributed by atoms with Gasteiger partial charge in [0.15, 0.2) is 0 Å². The molecule has 3 aromatic carbocycles. The van der Waals surface area contributed by atoms with E-state index in [9.17, 15) is 9.59 Å². The molecule has 198 valence electrons. The van der Waals surface area contributed by atoms with E-state index in [0.29, 0.717) is 46.7 Å². The lowest BCUT2D eigenvalue weighted by Crippen LogP contribution is -2.39. The number of amides is 1. The summed E-state index contributed by atoms with van der Waals surface area (Å²) in [5.41, 5.74) is 2.79. The third-order valence-electron chi connectivity index (χ3n) is 7.08. The zero-order valence-corrected chi connectivity index (χ0v) is 22.8. The van der Waals surface area contributed by atoms with Crippen molar-refractivity contribution in [1.82, 2.24) is 14.5 Å². The second-order valence-electron chi connectivity index (χ2n) is 9.62. The standard InChI is InChI=1S/C32H37N3O3/c1-5-7-8-13-22-34(31(36)26-15-10-9-14-23(26)3)29(6-2)30-33-28-17-12-11-16-27(28)32(37)35(30)24-18-20-25(38-4)21-19-24/h9-12,14-21,29H,5-8,13,22H2,1-4H3. The summed E-state index contributed by atoms with van der Waals surface area (Å²) in [6, 6.07) is 22.1. The Balaban J connectivity index is 1.90. The summed E-state index contributed by atoms with van der Waals surface area (Å²) in [5, 5.41) is 0.543. The van der Waals surface area contributed by atoms with Crippen molar-refractivity contribution in [3.8, 4) is 11.4 Å². The minimum atomic E-state index is -0.386. The Morgan fingerprint density at radius 3 is 2.34 bits per heavy atom. The number of methoxy groups -OCH3 is 1. The summed E-state index contributed by atoms with van der Waals surface area (Å²) in [5.74, 6) is 1.24. The molecule has 1 heterocycles. The monoisotopic (exact) mass is 511 g/mol. The Labute approximate surface area is 224 Å². The van der Waals surface area contributed by atoms with Gasteiger partial charge in [0.25, 0.3) is 11.5 Å². The quantitative estimate of drug-likeness (QED) is 0.206. The highest BCUT2D eigenvalue weighted by atomic mass is 16.5. The molecule has 6 heteroatoms. The van der Waals surface area contributed by atoms with E-state index in [-0.39, 0.29) is 17.5 Å². The SMILES string of the molecule is CCCCCCN(C(=O)c1ccccc1C)C(CC)c1nc2ccccc2c(=O)n1-c1ccc(OC)cc1. The topological polar surface area (TPSA) is 64.4 Å². The molecule has 0 aliphatic carbocycles. The number of benzene rings is 3. The van der Waals surface area contributed by atoms with Gasteiger partial charge in [0.2, 0.25) is 0 Å². The minimum absolute atomic E-state index is 0.0323. The highest BCUT2D eigenvalue weighted by molar-refractivity contribution is 5.96. The molecule has 1 atom stereocenters. The van der Waals surface area contributed by atoms with E-state index in [4.69, 9.17) is 9.72 Å². The number of carbonyl (C=O) groups excluding carboxylic acids is 1. The van der Waals surface area contributed by atoms with Gasteiger partial charge in [-0.15, -0.1) is 0 Å². The predicted molar refractivity (Wildman–Crippen MR) is 153 cm³/mol. The third-order valence-corrected chi connectivity index (χ3v) is 7.08. The summed E-state index contributed by atoms with van der Waals surface area (Å²) in [4.78, 5) is 35.0. The number of ether oxygens (including phenoxy) is 1. The summed E-state index contributed by atoms with van der Waals surface area (Å²) < 4.78 is 7.01. The number of rotatable bonds is 11. The average molecular weight is 512 g/mol. The van der Waals surface area contributed by atoms with Crippen molar-refractivity contribution in [2.75, 3.05) is 13.7 Å². The summed E-state index contributed by atoms with van der Waals surface area (Å²) in [6.07, 6.45) is 4.79. The number of hydrogen-bond acceptors (Lipinski definition) is 4. The number of hydrogen-bond donors (Lipinski definition) is 0. The van der Waals surface area contributed by atoms with E-state index in [0.717, 1.165) is 31.2 Å². The van der Waals surface area contributed by atoms with Crippen LogP contribution in [0.2, 0.25) is 0 Å². The van der Waals surface area contributed by atoms with E-state index < -0.39 is 0 Å². The van der Waals surface area contributed by atoms with Crippen LogP contribution < -0.4 is 10.3 Å². The van der Waals surface area contributed by atoms with Crippen molar-refractivity contribution in [2.45, 2.75) is 58.9 Å². The maximum Gasteiger partial charge on any atom is 0.266 e. The van der Waals surface area contributed by atoms with Crippen LogP contribution in [0.15, 0.2) is 77.6 Å². The van der Waals surface area contributed by atoms with Crippen LogP contribution >= 0.6 is 0 Å². The fourth-order valence-electron chi connectivity index (χ4n) is 4.97. The molecular weight excluding hydrogens is 474 g/mol. The second-order valence-corrected chi connectivity index (χ2v) is 9.62. The molecule has 1 amide bonds. The largest absolute Gasteiger partial charge is 0.497 e. The first-order chi connectivity index (χ1) is 18.5. The first-order valence-electron chi connectivity index (χ1n) is 13.5. The molecule has 0 saturated heterocycles. The zero-order valence-electron chi connectivity index (χ0n) is 22.8. The highest BCUT2D eigenvalue weighted by Crippen LogP contribution is 2.29. The van der Waals surface area contributed by atoms with Gasteiger partial charge in [-0.05, 0) is 67.8 Å². The van der Waals surface area contributed by atoms with Crippen LogP contribution in [0.3, 0.4) is 0 Å². The van der Waals surface area contributed by atoms with Gasteiger partial charge >= 0.3 is 0 Å². The van der Waals surface area contributed by atoms with Crippen molar-refractivity contribution in [2.24, 2.45) is 0 Å². The van der Waals surface area contributed by atoms with Crippen LogP contribution in [0.5, 0.6) is 5.75 Å². The maximum atomic E-state index is 14.1. The summed E-state index contributed by atoms with van der Waals surface area (Å²) in [7, 11) is 1.62. The Bertz CT molecular complexity index is 1440. The van der Waals surface area contributed by atoms with E-state index >= 15 is 0 Å². The second kappa shape index (κ2) is 12.5. The number of aromatic nitrogens is 2. The van der Waals surface area contributed by atoms with Crippen molar-refractivity contribution in [1.29, 1.82) is 0 Å². The Hall–Kier alpha value is -3.93. The zero-order chi connectivity index (χ0) is 27.1. The molecule has 0 bridgehead atoms. The smallest absolute Gasteiger partial charge is 0.266 e. The average Bonchev–Trinajstić information content (AvgIpc) is 2.95. The van der Waals surface area contributed by atoms with E-state index in [1.54, 1.807) is 17.7 Å². The number of carbonyl (C=O) groups is 1. The first kappa shape index (κ1) is 27.1. The summed E-state index contributed by atoms with van der Waals surface area (Å²) in [6.45, 7) is 6.79. The molecule has 1 unspecified atom stereocenters. The fourth-order valence-corrected chi connectivity index (χ4v) is 4.97. The molecule has 1 aromatic heterocycles. The molecule has 0 N–H and O–H groups in total. The van der Waals surface area contributed by atoms with Gasteiger partial charge in [0.05, 0.1) is 29.7 Å². The van der Waals surface area contributed by atoms with Crippen molar-refractivity contribution in [3.63, 3.8) is 0 Å². The Morgan fingerprint density at radius 1 is 0.947 bits per heavy atom. The number of aryl methyl sites for hydroxylation is 1. The molecule has 4 aromatic rings. The number of para-hydroxylation sites is 1. The molecule has 0 aliphatic rings. The van der Waals surface area contributed by atoms with Gasteiger partial charge in [-0.2, -0.15) is 0 Å². The predicted octanol–water partition coefficient (Wildman–Crippen LogP) is 6.88. The van der Waals surface area contributed by atoms with Crippen molar-refractivity contribution < 1.29 is 9.53 Å². The minimum Gasteiger partial charge on any atom is -0.497 e. The van der Waals surface area contributed by atoms with E-state index in [1.807, 2.05) is 78.6 Å². The molecular formula is C32H37N3O3. The molecule has 0 saturated carbocycles. The van der Waals surface area contributed by atoms with Gasteiger partial charge in [0.1, 0.15) is 11.6 Å². The first-order valence-corrected chi connectivity index (χ1v) is 13.5. The molecule has 6 nitrogen and oxygen atoms in total. The maximum absolute atomic E-state index is 14.1. The number of unbranched alkanes of at least 4 members (excludes halogenated alkanes) is 3. The van der Waals surface area contributed by atoms with Gasteiger partial charge in [0, 0.05) is 12.1 Å². The molecule has 0 spiro atoms. The van der Waals surface area contributed by atoms with Gasteiger partial charge < -0.3 is 9.64 Å². The normalized spacial score (nSPS) is 11.9. The molecule has 0 fully saturated rings. The van der Waals surface area contributed by atoms with Gasteiger partial charge in [-0.1, -0.05) is 63.4 Å². The third kappa shape index (κ3) is 5.64. The van der Waals surface area contributed by atoms with Crippen LogP contribution in [0.1, 0.15) is 73.7 Å². The lowest BCUT2D eigenvalue weighted by atomic mass is 10.0. The van der Waals surface area contributed by atoms with Crippen LogP contribution in [0, 0.1) is 6.92 Å². The Kier molecular flexibility index (Phi) is 8.95. The summed E-state index contributed by atoms with van der Waals surface area (Å²) >= 11 is 0. The number of nitrogens with zero attached hydrogens (tertiary/aromatic N) is 3. The van der Waals surface area contributed by atoms with Crippen LogP contribution in [0.4, 0.5) is 0 Å². The molecule has 4 rings (SSSR count). The Morgan fingerprint density at radius 2 is 1.66 bits per heavy atom. The van der Waals surface area contributed by atoms with E-state index in [2.05, 4.69) is 13.8 Å². The lowest BCUT2D eigenvalue weighted by Gasteiger charge is -2.33. The fraction of sp³-hybridized carbons (Fsp3) is 0.344. The van der Waals surface area contributed by atoms with Crippen molar-refractivity contribution >= 4 is 16.8 Å². The molecule has 0 radical (unpaired) electrons. The van der Waals surface area contributed by atoms with Crippen molar-refractivity contribution in [3.05, 3.63) is 100 Å². The lowest BCUT2D eigenvalue weighted by molar-refractivity contribution is 0.0654. The van der Waals surface area contributed by atoms with Crippen LogP contribution in [-0.4, -0.2) is 34.0 Å². The van der Waals surface area contributed by atoms with E-state index in [1.165, 1.54) is 0 Å².